The monoisotopic (exact) mass is 262 g/mol. The zero-order valence-electron chi connectivity index (χ0n) is 11.9. The van der Waals surface area contributed by atoms with Crippen LogP contribution in [-0.2, 0) is 7.05 Å². The third kappa shape index (κ3) is 2.57. The van der Waals surface area contributed by atoms with Gasteiger partial charge in [0.05, 0.1) is 17.4 Å². The SMILES string of the molecule is CCC(Nc1c(N)c(C(C)C)nn1C)c1ncc[nH]1. The van der Waals surface area contributed by atoms with Crippen molar-refractivity contribution in [2.75, 3.05) is 11.1 Å². The summed E-state index contributed by atoms with van der Waals surface area (Å²) in [6.45, 7) is 6.29. The molecule has 0 aliphatic carbocycles. The number of H-pyrrole nitrogens is 1. The van der Waals surface area contributed by atoms with Crippen molar-refractivity contribution in [2.24, 2.45) is 7.05 Å². The molecule has 1 unspecified atom stereocenters. The Labute approximate surface area is 113 Å². The van der Waals surface area contributed by atoms with Crippen molar-refractivity contribution in [2.45, 2.75) is 39.2 Å². The van der Waals surface area contributed by atoms with Gasteiger partial charge >= 0.3 is 0 Å². The molecule has 0 saturated carbocycles. The Bertz CT molecular complexity index is 526. The molecule has 6 heteroatoms. The fourth-order valence-corrected chi connectivity index (χ4v) is 2.16. The number of nitrogen functional groups attached to an aromatic ring is 1. The van der Waals surface area contributed by atoms with Crippen LogP contribution in [0.4, 0.5) is 11.5 Å². The van der Waals surface area contributed by atoms with Gasteiger partial charge in [0.25, 0.3) is 0 Å². The van der Waals surface area contributed by atoms with Gasteiger partial charge in [-0.2, -0.15) is 5.10 Å². The highest BCUT2D eigenvalue weighted by Gasteiger charge is 2.19. The van der Waals surface area contributed by atoms with E-state index in [1.165, 1.54) is 0 Å². The van der Waals surface area contributed by atoms with Crippen molar-refractivity contribution in [3.05, 3.63) is 23.9 Å². The fraction of sp³-hybridized carbons (Fsp3) is 0.538. The molecule has 0 aliphatic rings. The van der Waals surface area contributed by atoms with E-state index < -0.39 is 0 Å². The molecule has 104 valence electrons. The van der Waals surface area contributed by atoms with Gasteiger partial charge in [-0.25, -0.2) is 4.98 Å². The van der Waals surface area contributed by atoms with E-state index in [9.17, 15) is 0 Å². The number of nitrogens with two attached hydrogens (primary N) is 1. The predicted octanol–water partition coefficient (Wildman–Crippen LogP) is 2.41. The molecular weight excluding hydrogens is 240 g/mol. The second kappa shape index (κ2) is 5.34. The molecule has 0 saturated heterocycles. The van der Waals surface area contributed by atoms with Crippen molar-refractivity contribution in [1.82, 2.24) is 19.7 Å². The van der Waals surface area contributed by atoms with Crippen LogP contribution in [0.5, 0.6) is 0 Å². The lowest BCUT2D eigenvalue weighted by molar-refractivity contribution is 0.671. The molecule has 0 spiro atoms. The highest BCUT2D eigenvalue weighted by molar-refractivity contribution is 5.66. The standard InChI is InChI=1S/C13H22N6/c1-5-9(12-15-6-7-16-12)17-13-10(14)11(8(2)3)18-19(13)4/h6-9,17H,5,14H2,1-4H3,(H,15,16). The first-order valence-electron chi connectivity index (χ1n) is 6.62. The number of aromatic amines is 1. The maximum atomic E-state index is 6.19. The number of aryl methyl sites for hydroxylation is 1. The summed E-state index contributed by atoms with van der Waals surface area (Å²) < 4.78 is 1.80. The Kier molecular flexibility index (Phi) is 3.78. The van der Waals surface area contributed by atoms with E-state index >= 15 is 0 Å². The molecule has 19 heavy (non-hydrogen) atoms. The van der Waals surface area contributed by atoms with E-state index in [-0.39, 0.29) is 6.04 Å². The molecule has 0 radical (unpaired) electrons. The normalized spacial score (nSPS) is 12.9. The number of aromatic nitrogens is 4. The maximum Gasteiger partial charge on any atom is 0.148 e. The number of hydrogen-bond acceptors (Lipinski definition) is 4. The van der Waals surface area contributed by atoms with Crippen molar-refractivity contribution in [3.8, 4) is 0 Å². The molecule has 1 atom stereocenters. The molecular formula is C13H22N6. The predicted molar refractivity (Wildman–Crippen MR) is 77.0 cm³/mol. The summed E-state index contributed by atoms with van der Waals surface area (Å²) in [5.74, 6) is 2.08. The maximum absolute atomic E-state index is 6.19. The first kappa shape index (κ1) is 13.5. The average molecular weight is 262 g/mol. The Balaban J connectivity index is 2.27. The molecule has 2 heterocycles. The van der Waals surface area contributed by atoms with Crippen LogP contribution in [0.15, 0.2) is 12.4 Å². The van der Waals surface area contributed by atoms with Crippen molar-refractivity contribution in [1.29, 1.82) is 0 Å². The smallest absolute Gasteiger partial charge is 0.148 e. The molecule has 0 amide bonds. The van der Waals surface area contributed by atoms with Crippen molar-refractivity contribution >= 4 is 11.5 Å². The lowest BCUT2D eigenvalue weighted by Gasteiger charge is -2.16. The van der Waals surface area contributed by atoms with Crippen molar-refractivity contribution in [3.63, 3.8) is 0 Å². The first-order valence-corrected chi connectivity index (χ1v) is 6.62. The topological polar surface area (TPSA) is 84.5 Å². The Morgan fingerprint density at radius 1 is 1.47 bits per heavy atom. The molecule has 4 N–H and O–H groups in total. The van der Waals surface area contributed by atoms with Crippen LogP contribution in [0.3, 0.4) is 0 Å². The largest absolute Gasteiger partial charge is 0.394 e. The molecule has 2 rings (SSSR count). The third-order valence-electron chi connectivity index (χ3n) is 3.23. The van der Waals surface area contributed by atoms with Gasteiger partial charge in [0, 0.05) is 19.4 Å². The zero-order valence-corrected chi connectivity index (χ0v) is 11.9. The number of nitrogens with zero attached hydrogens (tertiary/aromatic N) is 3. The molecule has 0 aromatic carbocycles. The van der Waals surface area contributed by atoms with Gasteiger partial charge in [-0.1, -0.05) is 20.8 Å². The number of rotatable bonds is 5. The highest BCUT2D eigenvalue weighted by Crippen LogP contribution is 2.30. The van der Waals surface area contributed by atoms with Gasteiger partial charge in [-0.3, -0.25) is 4.68 Å². The molecule has 6 nitrogen and oxygen atoms in total. The van der Waals surface area contributed by atoms with Gasteiger partial charge in [0.1, 0.15) is 11.6 Å². The third-order valence-corrected chi connectivity index (χ3v) is 3.23. The number of hydrogen-bond donors (Lipinski definition) is 3. The van der Waals surface area contributed by atoms with E-state index in [1.54, 1.807) is 10.9 Å². The van der Waals surface area contributed by atoms with Gasteiger partial charge in [-0.15, -0.1) is 0 Å². The quantitative estimate of drug-likeness (QED) is 0.772. The van der Waals surface area contributed by atoms with Gasteiger partial charge in [0.2, 0.25) is 0 Å². The first-order chi connectivity index (χ1) is 9.04. The lowest BCUT2D eigenvalue weighted by atomic mass is 10.1. The number of anilines is 2. The summed E-state index contributed by atoms with van der Waals surface area (Å²) in [6, 6.07) is 0.104. The van der Waals surface area contributed by atoms with E-state index in [1.807, 2.05) is 13.2 Å². The van der Waals surface area contributed by atoms with E-state index in [2.05, 4.69) is 41.2 Å². The zero-order chi connectivity index (χ0) is 14.0. The molecule has 2 aromatic heterocycles. The van der Waals surface area contributed by atoms with Crippen LogP contribution in [0.2, 0.25) is 0 Å². The number of imidazole rings is 1. The Morgan fingerprint density at radius 2 is 2.21 bits per heavy atom. The number of nitrogens with one attached hydrogen (secondary N) is 2. The molecule has 0 fully saturated rings. The summed E-state index contributed by atoms with van der Waals surface area (Å²) in [5, 5.41) is 7.90. The van der Waals surface area contributed by atoms with Crippen LogP contribution in [-0.4, -0.2) is 19.7 Å². The lowest BCUT2D eigenvalue weighted by Crippen LogP contribution is -2.14. The fourth-order valence-electron chi connectivity index (χ4n) is 2.16. The summed E-state index contributed by atoms with van der Waals surface area (Å²) in [4.78, 5) is 7.43. The van der Waals surface area contributed by atoms with E-state index in [4.69, 9.17) is 5.73 Å². The van der Waals surface area contributed by atoms with Gasteiger partial charge in [-0.05, 0) is 12.3 Å². The highest BCUT2D eigenvalue weighted by atomic mass is 15.3. The Hall–Kier alpha value is -1.98. The second-order valence-corrected chi connectivity index (χ2v) is 5.01. The molecule has 0 aliphatic heterocycles. The van der Waals surface area contributed by atoms with Crippen LogP contribution in [0.25, 0.3) is 0 Å². The second-order valence-electron chi connectivity index (χ2n) is 5.01. The summed E-state index contributed by atoms with van der Waals surface area (Å²) >= 11 is 0. The molecule has 2 aromatic rings. The minimum atomic E-state index is 0.104. The van der Waals surface area contributed by atoms with E-state index in [0.29, 0.717) is 5.92 Å². The van der Waals surface area contributed by atoms with Crippen LogP contribution in [0.1, 0.15) is 50.7 Å². The molecule has 0 bridgehead atoms. The van der Waals surface area contributed by atoms with Crippen LogP contribution in [0, 0.1) is 0 Å². The van der Waals surface area contributed by atoms with Crippen molar-refractivity contribution < 1.29 is 0 Å². The Morgan fingerprint density at radius 3 is 2.68 bits per heavy atom. The van der Waals surface area contributed by atoms with E-state index in [0.717, 1.165) is 29.4 Å². The van der Waals surface area contributed by atoms with Gasteiger partial charge in [0.15, 0.2) is 0 Å². The summed E-state index contributed by atoms with van der Waals surface area (Å²) in [7, 11) is 1.90. The van der Waals surface area contributed by atoms with Crippen LogP contribution >= 0.6 is 0 Å². The minimum absolute atomic E-state index is 0.104. The summed E-state index contributed by atoms with van der Waals surface area (Å²) in [5.41, 5.74) is 7.84. The van der Waals surface area contributed by atoms with Crippen LogP contribution < -0.4 is 11.1 Å². The summed E-state index contributed by atoms with van der Waals surface area (Å²) in [6.07, 6.45) is 4.49. The van der Waals surface area contributed by atoms with Gasteiger partial charge < -0.3 is 16.0 Å². The average Bonchev–Trinajstić information content (AvgIpc) is 2.97. The minimum Gasteiger partial charge on any atom is -0.394 e.